The molecule has 1 aromatic rings. The lowest BCUT2D eigenvalue weighted by Crippen LogP contribution is -2.10. The van der Waals surface area contributed by atoms with Crippen molar-refractivity contribution < 1.29 is 20.1 Å². The highest BCUT2D eigenvalue weighted by Gasteiger charge is 1.98. The largest absolute Gasteiger partial charge is 0.478 e. The molecule has 0 bridgehead atoms. The van der Waals surface area contributed by atoms with E-state index in [4.69, 9.17) is 15.3 Å². The molecule has 0 aliphatic heterocycles. The summed E-state index contributed by atoms with van der Waals surface area (Å²) in [6, 6.07) is 8.30. The van der Waals surface area contributed by atoms with Gasteiger partial charge in [0.15, 0.2) is 0 Å². The van der Waals surface area contributed by atoms with Crippen molar-refractivity contribution in [3.63, 3.8) is 0 Å². The Kier molecular flexibility index (Phi) is 7.16. The lowest BCUT2D eigenvalue weighted by molar-refractivity contribution is 0.0696. The van der Waals surface area contributed by atoms with Crippen LogP contribution in [0.15, 0.2) is 30.3 Å². The SMILES string of the molecule is CC(O)CC(C)O.O=C(O)c1ccccc1. The van der Waals surface area contributed by atoms with E-state index in [1.165, 1.54) is 0 Å². The molecular weight excluding hydrogens is 208 g/mol. The second kappa shape index (κ2) is 7.84. The Balaban J connectivity index is 0.000000293. The summed E-state index contributed by atoms with van der Waals surface area (Å²) in [5.74, 6) is -0.879. The van der Waals surface area contributed by atoms with Crippen LogP contribution in [0.5, 0.6) is 0 Å². The summed E-state index contributed by atoms with van der Waals surface area (Å²) in [5, 5.41) is 25.5. The molecule has 0 fully saturated rings. The number of hydrogen-bond acceptors (Lipinski definition) is 3. The first-order chi connectivity index (χ1) is 7.43. The van der Waals surface area contributed by atoms with Gasteiger partial charge in [0, 0.05) is 0 Å². The molecule has 0 aromatic heterocycles. The van der Waals surface area contributed by atoms with E-state index in [0.717, 1.165) is 0 Å². The van der Waals surface area contributed by atoms with Crippen LogP contribution in [0, 0.1) is 0 Å². The predicted molar refractivity (Wildman–Crippen MR) is 61.4 cm³/mol. The highest BCUT2D eigenvalue weighted by atomic mass is 16.4. The lowest BCUT2D eigenvalue weighted by Gasteiger charge is -2.04. The Morgan fingerprint density at radius 2 is 1.56 bits per heavy atom. The fraction of sp³-hybridized carbons (Fsp3) is 0.417. The molecule has 90 valence electrons. The Morgan fingerprint density at radius 3 is 1.75 bits per heavy atom. The molecule has 2 atom stereocenters. The number of carbonyl (C=O) groups is 1. The molecule has 0 saturated heterocycles. The molecule has 4 heteroatoms. The number of carboxylic acid groups (broad SMARTS) is 1. The molecule has 0 saturated carbocycles. The molecule has 0 spiro atoms. The third kappa shape index (κ3) is 7.96. The van der Waals surface area contributed by atoms with Gasteiger partial charge in [-0.2, -0.15) is 0 Å². The third-order valence-corrected chi connectivity index (χ3v) is 1.70. The van der Waals surface area contributed by atoms with Crippen molar-refractivity contribution in [3.05, 3.63) is 35.9 Å². The topological polar surface area (TPSA) is 77.8 Å². The van der Waals surface area contributed by atoms with Crippen molar-refractivity contribution in [1.29, 1.82) is 0 Å². The van der Waals surface area contributed by atoms with E-state index in [0.29, 0.717) is 12.0 Å². The van der Waals surface area contributed by atoms with E-state index >= 15 is 0 Å². The van der Waals surface area contributed by atoms with E-state index in [-0.39, 0.29) is 12.2 Å². The van der Waals surface area contributed by atoms with Gasteiger partial charge in [-0.3, -0.25) is 0 Å². The molecule has 0 aliphatic carbocycles. The highest BCUT2D eigenvalue weighted by molar-refractivity contribution is 5.87. The normalized spacial score (nSPS) is 13.2. The fourth-order valence-corrected chi connectivity index (χ4v) is 1.07. The van der Waals surface area contributed by atoms with E-state index in [9.17, 15) is 4.79 Å². The van der Waals surface area contributed by atoms with Gasteiger partial charge < -0.3 is 15.3 Å². The average Bonchev–Trinajstić information content (AvgIpc) is 2.17. The second-order valence-corrected chi connectivity index (χ2v) is 3.60. The molecule has 0 radical (unpaired) electrons. The first-order valence-electron chi connectivity index (χ1n) is 5.08. The Bertz CT molecular complexity index is 287. The maximum Gasteiger partial charge on any atom is 0.335 e. The van der Waals surface area contributed by atoms with Crippen LogP contribution in [0.3, 0.4) is 0 Å². The fourth-order valence-electron chi connectivity index (χ4n) is 1.07. The quantitative estimate of drug-likeness (QED) is 0.730. The lowest BCUT2D eigenvalue weighted by atomic mass is 10.2. The molecule has 2 unspecified atom stereocenters. The third-order valence-electron chi connectivity index (χ3n) is 1.70. The van der Waals surface area contributed by atoms with Crippen LogP contribution in [0.1, 0.15) is 30.6 Å². The molecule has 4 nitrogen and oxygen atoms in total. The van der Waals surface area contributed by atoms with Gasteiger partial charge in [-0.15, -0.1) is 0 Å². The monoisotopic (exact) mass is 226 g/mol. The number of rotatable bonds is 3. The predicted octanol–water partition coefficient (Wildman–Crippen LogP) is 1.52. The number of aromatic carboxylic acids is 1. The van der Waals surface area contributed by atoms with E-state index in [1.807, 2.05) is 0 Å². The zero-order valence-electron chi connectivity index (χ0n) is 9.50. The maximum absolute atomic E-state index is 10.2. The Morgan fingerprint density at radius 1 is 1.12 bits per heavy atom. The summed E-state index contributed by atoms with van der Waals surface area (Å²) < 4.78 is 0. The standard InChI is InChI=1S/C7H6O2.C5H12O2/c8-7(9)6-4-2-1-3-5-6;1-4(6)3-5(2)7/h1-5H,(H,8,9);4-7H,3H2,1-2H3. The van der Waals surface area contributed by atoms with Crippen molar-refractivity contribution in [2.75, 3.05) is 0 Å². The summed E-state index contributed by atoms with van der Waals surface area (Å²) in [4.78, 5) is 10.2. The Hall–Kier alpha value is -1.39. The van der Waals surface area contributed by atoms with E-state index < -0.39 is 5.97 Å². The minimum absolute atomic E-state index is 0.331. The number of aliphatic hydroxyl groups excluding tert-OH is 2. The second-order valence-electron chi connectivity index (χ2n) is 3.60. The van der Waals surface area contributed by atoms with Crippen LogP contribution >= 0.6 is 0 Å². The molecule has 0 heterocycles. The molecule has 1 aromatic carbocycles. The zero-order chi connectivity index (χ0) is 12.6. The summed E-state index contributed by atoms with van der Waals surface area (Å²) >= 11 is 0. The summed E-state index contributed by atoms with van der Waals surface area (Å²) in [7, 11) is 0. The van der Waals surface area contributed by atoms with E-state index in [2.05, 4.69) is 0 Å². The van der Waals surface area contributed by atoms with Gasteiger partial charge in [-0.25, -0.2) is 4.79 Å². The Labute approximate surface area is 95.2 Å². The minimum Gasteiger partial charge on any atom is -0.478 e. The first-order valence-corrected chi connectivity index (χ1v) is 5.08. The molecular formula is C12H18O4. The van der Waals surface area contributed by atoms with Crippen LogP contribution in [0.2, 0.25) is 0 Å². The number of benzene rings is 1. The van der Waals surface area contributed by atoms with Gasteiger partial charge in [0.1, 0.15) is 0 Å². The van der Waals surface area contributed by atoms with Crippen molar-refractivity contribution >= 4 is 5.97 Å². The van der Waals surface area contributed by atoms with Gasteiger partial charge in [0.25, 0.3) is 0 Å². The van der Waals surface area contributed by atoms with Gasteiger partial charge in [-0.1, -0.05) is 18.2 Å². The molecule has 3 N–H and O–H groups in total. The number of carboxylic acids is 1. The average molecular weight is 226 g/mol. The van der Waals surface area contributed by atoms with Gasteiger partial charge in [-0.05, 0) is 32.4 Å². The van der Waals surface area contributed by atoms with E-state index in [1.54, 1.807) is 44.2 Å². The van der Waals surface area contributed by atoms with Crippen molar-refractivity contribution in [2.24, 2.45) is 0 Å². The molecule has 0 amide bonds. The summed E-state index contributed by atoms with van der Waals surface area (Å²) in [6.07, 6.45) is -0.278. The van der Waals surface area contributed by atoms with Gasteiger partial charge >= 0.3 is 5.97 Å². The van der Waals surface area contributed by atoms with Crippen LogP contribution in [0.4, 0.5) is 0 Å². The number of aliphatic hydroxyl groups is 2. The minimum atomic E-state index is -0.879. The smallest absolute Gasteiger partial charge is 0.335 e. The maximum atomic E-state index is 10.2. The van der Waals surface area contributed by atoms with Crippen LogP contribution in [0.25, 0.3) is 0 Å². The molecule has 0 aliphatic rings. The first kappa shape index (κ1) is 14.6. The van der Waals surface area contributed by atoms with Crippen molar-refractivity contribution in [3.8, 4) is 0 Å². The molecule has 16 heavy (non-hydrogen) atoms. The van der Waals surface area contributed by atoms with Crippen LogP contribution in [-0.4, -0.2) is 33.5 Å². The molecule has 1 rings (SSSR count). The van der Waals surface area contributed by atoms with Crippen molar-refractivity contribution in [2.45, 2.75) is 32.5 Å². The summed E-state index contributed by atoms with van der Waals surface area (Å²) in [6.45, 7) is 3.32. The highest BCUT2D eigenvalue weighted by Crippen LogP contribution is 1.96. The van der Waals surface area contributed by atoms with Crippen LogP contribution in [-0.2, 0) is 0 Å². The number of hydrogen-bond donors (Lipinski definition) is 3. The van der Waals surface area contributed by atoms with Crippen LogP contribution < -0.4 is 0 Å². The summed E-state index contributed by atoms with van der Waals surface area (Å²) in [5.41, 5.74) is 0.331. The van der Waals surface area contributed by atoms with Gasteiger partial charge in [0.2, 0.25) is 0 Å². The van der Waals surface area contributed by atoms with Gasteiger partial charge in [0.05, 0.1) is 17.8 Å². The zero-order valence-corrected chi connectivity index (χ0v) is 9.50. The van der Waals surface area contributed by atoms with Crippen molar-refractivity contribution in [1.82, 2.24) is 0 Å².